The zero-order valence-corrected chi connectivity index (χ0v) is 8.92. The number of nitrogens with zero attached hydrogens (tertiary/aromatic N) is 2. The fraction of sp³-hybridized carbons (Fsp3) is 0.400. The lowest BCUT2D eigenvalue weighted by Crippen LogP contribution is -2.18. The molecule has 1 aliphatic rings. The molecule has 0 radical (unpaired) electrons. The Kier molecular flexibility index (Phi) is 4.38. The van der Waals surface area contributed by atoms with Crippen LogP contribution in [0, 0.1) is 16.0 Å². The summed E-state index contributed by atoms with van der Waals surface area (Å²) in [6, 6.07) is 2.92. The van der Waals surface area contributed by atoms with Crippen LogP contribution in [-0.4, -0.2) is 22.9 Å². The minimum absolute atomic E-state index is 0.0255. The number of hydrogen-bond acceptors (Lipinski definition) is 4. The summed E-state index contributed by atoms with van der Waals surface area (Å²) in [7, 11) is 1.68. The van der Waals surface area contributed by atoms with Crippen molar-refractivity contribution in [3.63, 3.8) is 0 Å². The molecule has 1 fully saturated rings. The van der Waals surface area contributed by atoms with Crippen molar-refractivity contribution in [1.29, 1.82) is 0 Å². The second-order valence-corrected chi connectivity index (χ2v) is 3.36. The fourth-order valence-corrected chi connectivity index (χ4v) is 1.01. The van der Waals surface area contributed by atoms with Gasteiger partial charge in [-0.3, -0.25) is 19.9 Å². The second kappa shape index (κ2) is 5.79. The van der Waals surface area contributed by atoms with Crippen LogP contribution in [0.15, 0.2) is 24.5 Å². The van der Waals surface area contributed by atoms with Gasteiger partial charge >= 0.3 is 0 Å². The van der Waals surface area contributed by atoms with Crippen molar-refractivity contribution in [2.75, 3.05) is 7.05 Å². The maximum absolute atomic E-state index is 10.5. The van der Waals surface area contributed by atoms with Gasteiger partial charge in [0, 0.05) is 25.2 Å². The lowest BCUT2D eigenvalue weighted by molar-refractivity contribution is -0.385. The van der Waals surface area contributed by atoms with Crippen LogP contribution in [0.4, 0.5) is 5.69 Å². The van der Waals surface area contributed by atoms with Crippen molar-refractivity contribution in [3.05, 3.63) is 34.6 Å². The molecule has 0 atom stereocenters. The van der Waals surface area contributed by atoms with E-state index >= 15 is 0 Å². The van der Waals surface area contributed by atoms with Crippen molar-refractivity contribution in [3.8, 4) is 0 Å². The first-order chi connectivity index (χ1) is 7.65. The van der Waals surface area contributed by atoms with E-state index in [1.807, 2.05) is 0 Å². The Morgan fingerprint density at radius 2 is 2.31 bits per heavy atom. The maximum Gasteiger partial charge on any atom is 0.287 e. The Hall–Kier alpha value is -1.98. The van der Waals surface area contributed by atoms with Crippen LogP contribution in [0.3, 0.4) is 0 Å². The largest absolute Gasteiger partial charge is 0.359 e. The number of rotatable bonds is 2. The molecule has 1 amide bonds. The molecule has 1 heterocycles. The van der Waals surface area contributed by atoms with E-state index in [9.17, 15) is 14.9 Å². The van der Waals surface area contributed by atoms with Gasteiger partial charge in [-0.25, -0.2) is 0 Å². The quantitative estimate of drug-likeness (QED) is 0.601. The Balaban J connectivity index is 0.000000165. The van der Waals surface area contributed by atoms with Crippen molar-refractivity contribution in [1.82, 2.24) is 10.3 Å². The molecule has 0 saturated heterocycles. The number of carbonyl (C=O) groups excluding carboxylic acids is 1. The SMILES string of the molecule is CNC(=O)C1CC1.O=[N+]([O-])c1cccnc1. The molecular weight excluding hydrogens is 210 g/mol. The van der Waals surface area contributed by atoms with Crippen molar-refractivity contribution in [2.24, 2.45) is 5.92 Å². The topological polar surface area (TPSA) is 85.1 Å². The number of hydrogen-bond donors (Lipinski definition) is 1. The maximum atomic E-state index is 10.5. The number of aromatic nitrogens is 1. The third kappa shape index (κ3) is 4.04. The summed E-state index contributed by atoms with van der Waals surface area (Å²) in [5, 5.41) is 12.6. The summed E-state index contributed by atoms with van der Waals surface area (Å²) in [4.78, 5) is 23.5. The second-order valence-electron chi connectivity index (χ2n) is 3.36. The van der Waals surface area contributed by atoms with Gasteiger partial charge < -0.3 is 5.32 Å². The summed E-state index contributed by atoms with van der Waals surface area (Å²) < 4.78 is 0. The zero-order valence-electron chi connectivity index (χ0n) is 8.92. The molecule has 0 spiro atoms. The van der Waals surface area contributed by atoms with Gasteiger partial charge in [-0.15, -0.1) is 0 Å². The third-order valence-corrected chi connectivity index (χ3v) is 2.05. The van der Waals surface area contributed by atoms with E-state index < -0.39 is 4.92 Å². The molecule has 0 aliphatic heterocycles. The Morgan fingerprint density at radius 3 is 2.56 bits per heavy atom. The minimum Gasteiger partial charge on any atom is -0.359 e. The molecule has 1 saturated carbocycles. The van der Waals surface area contributed by atoms with E-state index in [-0.39, 0.29) is 11.6 Å². The van der Waals surface area contributed by atoms with Crippen LogP contribution in [0.2, 0.25) is 0 Å². The Labute approximate surface area is 92.8 Å². The molecule has 0 bridgehead atoms. The molecule has 0 unspecified atom stereocenters. The van der Waals surface area contributed by atoms with Crippen LogP contribution in [0.1, 0.15) is 12.8 Å². The van der Waals surface area contributed by atoms with Crippen LogP contribution >= 0.6 is 0 Å². The van der Waals surface area contributed by atoms with Crippen LogP contribution in [0.25, 0.3) is 0 Å². The number of amides is 1. The average Bonchev–Trinajstić information content (AvgIpc) is 3.14. The normalized spacial score (nSPS) is 13.3. The number of carbonyl (C=O) groups is 1. The lowest BCUT2D eigenvalue weighted by atomic mass is 10.4. The van der Waals surface area contributed by atoms with Gasteiger partial charge in [0.05, 0.1) is 4.92 Å². The van der Waals surface area contributed by atoms with Gasteiger partial charge in [0.25, 0.3) is 5.69 Å². The molecule has 1 aromatic rings. The summed E-state index contributed by atoms with van der Waals surface area (Å²) in [5.41, 5.74) is 0.0255. The van der Waals surface area contributed by atoms with E-state index in [0.717, 1.165) is 12.8 Å². The van der Waals surface area contributed by atoms with Crippen LogP contribution < -0.4 is 5.32 Å². The molecule has 86 valence electrons. The summed E-state index contributed by atoms with van der Waals surface area (Å²) in [6.07, 6.45) is 4.90. The van der Waals surface area contributed by atoms with Crippen molar-refractivity contribution in [2.45, 2.75) is 12.8 Å². The van der Waals surface area contributed by atoms with Gasteiger partial charge in [0.2, 0.25) is 5.91 Å². The highest BCUT2D eigenvalue weighted by atomic mass is 16.6. The van der Waals surface area contributed by atoms with E-state index in [2.05, 4.69) is 10.3 Å². The van der Waals surface area contributed by atoms with Gasteiger partial charge in [0.1, 0.15) is 6.20 Å². The molecule has 6 heteroatoms. The van der Waals surface area contributed by atoms with Gasteiger partial charge in [0.15, 0.2) is 0 Å². The summed E-state index contributed by atoms with van der Waals surface area (Å²) in [5.74, 6) is 0.574. The van der Waals surface area contributed by atoms with Crippen molar-refractivity contribution >= 4 is 11.6 Å². The monoisotopic (exact) mass is 223 g/mol. The number of nitro groups is 1. The molecule has 16 heavy (non-hydrogen) atoms. The number of pyridine rings is 1. The van der Waals surface area contributed by atoms with Gasteiger partial charge in [-0.2, -0.15) is 0 Å². The minimum atomic E-state index is -0.479. The molecule has 0 aromatic carbocycles. The van der Waals surface area contributed by atoms with Crippen molar-refractivity contribution < 1.29 is 9.72 Å². The molecule has 1 aromatic heterocycles. The average molecular weight is 223 g/mol. The van der Waals surface area contributed by atoms with E-state index in [0.29, 0.717) is 5.92 Å². The van der Waals surface area contributed by atoms with Crippen LogP contribution in [-0.2, 0) is 4.79 Å². The van der Waals surface area contributed by atoms with Gasteiger partial charge in [-0.1, -0.05) is 0 Å². The standard InChI is InChI=1S/C5H4N2O2.C5H9NO/c8-7(9)5-2-1-3-6-4-5;1-6-5(7)4-2-3-4/h1-4H;4H,2-3H2,1H3,(H,6,7). The number of nitrogens with one attached hydrogen (secondary N) is 1. The molecule has 2 rings (SSSR count). The van der Waals surface area contributed by atoms with E-state index in [1.165, 1.54) is 24.5 Å². The summed E-state index contributed by atoms with van der Waals surface area (Å²) in [6.45, 7) is 0. The highest BCUT2D eigenvalue weighted by molar-refractivity contribution is 5.80. The fourth-order valence-electron chi connectivity index (χ4n) is 1.01. The highest BCUT2D eigenvalue weighted by Crippen LogP contribution is 2.28. The van der Waals surface area contributed by atoms with E-state index in [4.69, 9.17) is 0 Å². The third-order valence-electron chi connectivity index (χ3n) is 2.05. The predicted molar refractivity (Wildman–Crippen MR) is 57.7 cm³/mol. The van der Waals surface area contributed by atoms with Crippen LogP contribution in [0.5, 0.6) is 0 Å². The van der Waals surface area contributed by atoms with Gasteiger partial charge in [-0.05, 0) is 18.9 Å². The Morgan fingerprint density at radius 1 is 1.62 bits per heavy atom. The molecular formula is C10H13N3O3. The molecule has 6 nitrogen and oxygen atoms in total. The zero-order chi connectivity index (χ0) is 12.0. The first-order valence-corrected chi connectivity index (χ1v) is 4.91. The molecule has 1 aliphatic carbocycles. The Bertz CT molecular complexity index is 363. The first-order valence-electron chi connectivity index (χ1n) is 4.91. The predicted octanol–water partition coefficient (Wildman–Crippen LogP) is 1.13. The highest BCUT2D eigenvalue weighted by Gasteiger charge is 2.28. The lowest BCUT2D eigenvalue weighted by Gasteiger charge is -1.89. The first kappa shape index (κ1) is 12.1. The van der Waals surface area contributed by atoms with E-state index in [1.54, 1.807) is 7.05 Å². The summed E-state index contributed by atoms with van der Waals surface area (Å²) >= 11 is 0. The molecule has 1 N–H and O–H groups in total. The smallest absolute Gasteiger partial charge is 0.287 e.